The van der Waals surface area contributed by atoms with Gasteiger partial charge < -0.3 is 30.4 Å². The summed E-state index contributed by atoms with van der Waals surface area (Å²) in [6, 6.07) is 8.15. The van der Waals surface area contributed by atoms with E-state index in [-0.39, 0.29) is 36.0 Å². The molecule has 0 heterocycles. The number of carbonyl (C=O) groups excluding carboxylic acids is 2. The maximum atomic E-state index is 12.9. The fourth-order valence-electron chi connectivity index (χ4n) is 3.18. The molecule has 0 saturated heterocycles. The van der Waals surface area contributed by atoms with Crippen molar-refractivity contribution >= 4 is 39.5 Å². The van der Waals surface area contributed by atoms with Gasteiger partial charge in [0.25, 0.3) is 0 Å². The number of alkyl halides is 3. The van der Waals surface area contributed by atoms with Crippen LogP contribution in [-0.4, -0.2) is 77.4 Å². The summed E-state index contributed by atoms with van der Waals surface area (Å²) in [5, 5.41) is 17.4. The molecule has 2 aromatic rings. The number of ether oxygens (including phenoxy) is 3. The number of carboxylic acid groups (broad SMARTS) is 1. The van der Waals surface area contributed by atoms with Crippen LogP contribution in [0.2, 0.25) is 0 Å². The van der Waals surface area contributed by atoms with E-state index in [0.29, 0.717) is 22.6 Å². The van der Waals surface area contributed by atoms with Gasteiger partial charge in [0.05, 0.1) is 25.5 Å². The standard InChI is InChI=1S/C23H31N5O7S.C2HF3O2/c1-14-5-7-16(36(25,31)32)13-18(14)26-22(30)17(9-10-33-2)27-23(24)28-21(29)12-15-6-8-19(34-3)20(11-15)35-4;3-2(4,5)1(6)7/h5-8,11,13,17H,9-10,12H2,1-4H3,(H,26,30)(H2,25,31,32)(H3,24,27,28,29);(H,6,7)/t17-;/m1./s1. The maximum Gasteiger partial charge on any atom is 0.490 e. The number of amides is 2. The molecule has 0 bridgehead atoms. The number of hydrogen-bond acceptors (Lipinski definition) is 9. The van der Waals surface area contributed by atoms with E-state index < -0.39 is 40.0 Å². The van der Waals surface area contributed by atoms with Crippen molar-refractivity contribution in [1.29, 1.82) is 0 Å². The molecule has 43 heavy (non-hydrogen) atoms. The molecule has 0 aliphatic heterocycles. The largest absolute Gasteiger partial charge is 0.493 e. The number of carbonyl (C=O) groups is 3. The number of hydrogen-bond donors (Lipinski definition) is 5. The Kier molecular flexibility index (Phi) is 13.9. The van der Waals surface area contributed by atoms with Gasteiger partial charge in [-0.05, 0) is 42.3 Å². The van der Waals surface area contributed by atoms with Gasteiger partial charge in [-0.1, -0.05) is 12.1 Å². The fourth-order valence-corrected chi connectivity index (χ4v) is 3.72. The number of anilines is 1. The summed E-state index contributed by atoms with van der Waals surface area (Å²) in [6.45, 7) is 1.88. The zero-order valence-corrected chi connectivity index (χ0v) is 24.3. The molecule has 0 spiro atoms. The van der Waals surface area contributed by atoms with Crippen LogP contribution in [0.3, 0.4) is 0 Å². The Bertz CT molecular complexity index is 1430. The monoisotopic (exact) mass is 635 g/mol. The summed E-state index contributed by atoms with van der Waals surface area (Å²) >= 11 is 0. The van der Waals surface area contributed by atoms with Crippen molar-refractivity contribution in [2.75, 3.05) is 33.3 Å². The minimum absolute atomic E-state index is 0.0228. The van der Waals surface area contributed by atoms with E-state index in [1.54, 1.807) is 25.1 Å². The van der Waals surface area contributed by atoms with Gasteiger partial charge in [-0.25, -0.2) is 23.3 Å². The van der Waals surface area contributed by atoms with Crippen molar-refractivity contribution in [1.82, 2.24) is 5.32 Å². The Balaban J connectivity index is 0.00000117. The predicted molar refractivity (Wildman–Crippen MR) is 148 cm³/mol. The summed E-state index contributed by atoms with van der Waals surface area (Å²) < 4.78 is 70.5. The highest BCUT2D eigenvalue weighted by Gasteiger charge is 2.38. The molecule has 2 aromatic carbocycles. The molecule has 0 saturated carbocycles. The van der Waals surface area contributed by atoms with Crippen LogP contribution >= 0.6 is 0 Å². The lowest BCUT2D eigenvalue weighted by Crippen LogP contribution is -2.40. The van der Waals surface area contributed by atoms with E-state index in [1.165, 1.54) is 39.5 Å². The SMILES string of the molecule is COCC[C@@H](N=C(N)NC(=O)Cc1ccc(OC)c(OC)c1)C(=O)Nc1cc(S(N)(=O)=O)ccc1C.O=C(O)C(F)(F)F. The number of halogens is 3. The molecule has 0 aliphatic rings. The summed E-state index contributed by atoms with van der Waals surface area (Å²) in [4.78, 5) is 38.3. The van der Waals surface area contributed by atoms with Crippen molar-refractivity contribution in [3.05, 3.63) is 47.5 Å². The van der Waals surface area contributed by atoms with E-state index in [4.69, 9.17) is 35.0 Å². The van der Waals surface area contributed by atoms with Gasteiger partial charge in [-0.3, -0.25) is 14.9 Å². The van der Waals surface area contributed by atoms with Gasteiger partial charge in [0, 0.05) is 25.8 Å². The Morgan fingerprint density at radius 3 is 2.16 bits per heavy atom. The second kappa shape index (κ2) is 16.3. The Hall–Kier alpha value is -4.42. The van der Waals surface area contributed by atoms with Crippen molar-refractivity contribution < 1.29 is 55.3 Å². The molecular weight excluding hydrogens is 603 g/mol. The Labute approximate surface area is 245 Å². The fraction of sp³-hybridized carbons (Fsp3) is 0.360. The lowest BCUT2D eigenvalue weighted by atomic mass is 10.1. The van der Waals surface area contributed by atoms with Gasteiger partial charge in [-0.2, -0.15) is 13.2 Å². The quantitative estimate of drug-likeness (QED) is 0.176. The van der Waals surface area contributed by atoms with Crippen molar-refractivity contribution in [3.63, 3.8) is 0 Å². The number of nitrogens with zero attached hydrogens (tertiary/aromatic N) is 1. The smallest absolute Gasteiger partial charge is 0.490 e. The van der Waals surface area contributed by atoms with Gasteiger partial charge in [0.2, 0.25) is 21.8 Å². The maximum absolute atomic E-state index is 12.9. The van der Waals surface area contributed by atoms with Gasteiger partial charge in [0.1, 0.15) is 6.04 Å². The van der Waals surface area contributed by atoms with Crippen molar-refractivity contribution in [3.8, 4) is 11.5 Å². The summed E-state index contributed by atoms with van der Waals surface area (Å²) in [6.07, 6.45) is -4.95. The zero-order valence-electron chi connectivity index (χ0n) is 23.5. The molecule has 1 atom stereocenters. The molecule has 0 aliphatic carbocycles. The number of primary sulfonamides is 1. The number of guanidine groups is 1. The van der Waals surface area contributed by atoms with Crippen molar-refractivity contribution in [2.24, 2.45) is 15.9 Å². The number of nitrogens with two attached hydrogens (primary N) is 2. The highest BCUT2D eigenvalue weighted by Crippen LogP contribution is 2.27. The summed E-state index contributed by atoms with van der Waals surface area (Å²) in [7, 11) is 0.505. The van der Waals surface area contributed by atoms with Crippen LogP contribution in [0.15, 0.2) is 46.3 Å². The van der Waals surface area contributed by atoms with Gasteiger partial charge in [0.15, 0.2) is 17.5 Å². The normalized spacial score (nSPS) is 12.3. The molecule has 0 radical (unpaired) electrons. The highest BCUT2D eigenvalue weighted by molar-refractivity contribution is 7.89. The van der Waals surface area contributed by atoms with E-state index in [0.717, 1.165) is 0 Å². The number of rotatable bonds is 11. The van der Waals surface area contributed by atoms with Crippen molar-refractivity contribution in [2.45, 2.75) is 36.9 Å². The second-order valence-corrected chi connectivity index (χ2v) is 10.1. The zero-order chi connectivity index (χ0) is 33.0. The predicted octanol–water partition coefficient (Wildman–Crippen LogP) is 1.31. The summed E-state index contributed by atoms with van der Waals surface area (Å²) in [5.74, 6) is -3.04. The molecule has 2 rings (SSSR count). The van der Waals surface area contributed by atoms with Crippen LogP contribution in [0.25, 0.3) is 0 Å². The number of methoxy groups -OCH3 is 3. The molecule has 2 amide bonds. The number of benzene rings is 2. The van der Waals surface area contributed by atoms with Crippen LogP contribution in [0, 0.1) is 6.92 Å². The molecule has 18 heteroatoms. The van der Waals surface area contributed by atoms with Crippen LogP contribution in [0.1, 0.15) is 17.5 Å². The van der Waals surface area contributed by atoms with Gasteiger partial charge >= 0.3 is 12.1 Å². The molecule has 14 nitrogen and oxygen atoms in total. The van der Waals surface area contributed by atoms with Crippen LogP contribution < -0.4 is 31.0 Å². The lowest BCUT2D eigenvalue weighted by molar-refractivity contribution is -0.192. The van der Waals surface area contributed by atoms with E-state index in [1.807, 2.05) is 0 Å². The Morgan fingerprint density at radius 1 is 1.05 bits per heavy atom. The average Bonchev–Trinajstić information content (AvgIpc) is 2.91. The van der Waals surface area contributed by atoms with E-state index in [2.05, 4.69) is 15.6 Å². The lowest BCUT2D eigenvalue weighted by Gasteiger charge is -2.16. The first-order valence-corrected chi connectivity index (χ1v) is 13.5. The third-order valence-electron chi connectivity index (χ3n) is 5.31. The van der Waals surface area contributed by atoms with E-state index >= 15 is 0 Å². The number of sulfonamides is 1. The minimum atomic E-state index is -5.08. The molecule has 7 N–H and O–H groups in total. The topological polar surface area (TPSA) is 222 Å². The number of aliphatic carboxylic acids is 1. The van der Waals surface area contributed by atoms with Gasteiger partial charge in [-0.15, -0.1) is 0 Å². The molecule has 0 unspecified atom stereocenters. The second-order valence-electron chi connectivity index (χ2n) is 8.54. The number of carboxylic acids is 1. The first-order chi connectivity index (χ1) is 19.9. The van der Waals surface area contributed by atoms with Crippen LogP contribution in [0.5, 0.6) is 11.5 Å². The average molecular weight is 636 g/mol. The highest BCUT2D eigenvalue weighted by atomic mass is 32.2. The third-order valence-corrected chi connectivity index (χ3v) is 6.22. The van der Waals surface area contributed by atoms with Crippen LogP contribution in [-0.2, 0) is 35.6 Å². The molecule has 238 valence electrons. The first kappa shape index (κ1) is 36.6. The summed E-state index contributed by atoms with van der Waals surface area (Å²) in [5.41, 5.74) is 7.41. The van der Waals surface area contributed by atoms with Crippen LogP contribution in [0.4, 0.5) is 18.9 Å². The first-order valence-electron chi connectivity index (χ1n) is 12.0. The third kappa shape index (κ3) is 12.5. The number of nitrogens with one attached hydrogen (secondary N) is 2. The molecule has 0 fully saturated rings. The number of aryl methyl sites for hydroxylation is 1. The Morgan fingerprint density at radius 2 is 1.65 bits per heavy atom. The molecular formula is C25H32F3N5O9S. The molecule has 0 aromatic heterocycles. The minimum Gasteiger partial charge on any atom is -0.493 e. The number of aliphatic imine (C=N–C) groups is 1. The van der Waals surface area contributed by atoms with E-state index in [9.17, 15) is 31.2 Å².